The summed E-state index contributed by atoms with van der Waals surface area (Å²) in [6.45, 7) is 0. The lowest BCUT2D eigenvalue weighted by molar-refractivity contribution is 0.108. The van der Waals surface area contributed by atoms with Crippen molar-refractivity contribution in [2.24, 2.45) is 0 Å². The number of pyridine rings is 1. The van der Waals surface area contributed by atoms with E-state index in [-0.39, 0.29) is 10.6 Å². The van der Waals surface area contributed by atoms with Crippen LogP contribution >= 0.6 is 39.1 Å². The molecule has 0 aliphatic heterocycles. The van der Waals surface area contributed by atoms with Gasteiger partial charge in [-0.25, -0.2) is 4.98 Å². The van der Waals surface area contributed by atoms with Crippen molar-refractivity contribution in [3.05, 3.63) is 27.5 Å². The van der Waals surface area contributed by atoms with Crippen LogP contribution in [0.4, 0.5) is 0 Å². The van der Waals surface area contributed by atoms with E-state index in [1.54, 1.807) is 0 Å². The van der Waals surface area contributed by atoms with E-state index in [1.807, 2.05) is 0 Å². The van der Waals surface area contributed by atoms with E-state index in [2.05, 4.69) is 20.9 Å². The quantitative estimate of drug-likeness (QED) is 0.570. The summed E-state index contributed by atoms with van der Waals surface area (Å²) < 4.78 is 0.533. The van der Waals surface area contributed by atoms with Crippen molar-refractivity contribution in [3.63, 3.8) is 0 Å². The highest BCUT2D eigenvalue weighted by atomic mass is 79.9. The van der Waals surface area contributed by atoms with Gasteiger partial charge in [0.25, 0.3) is 5.24 Å². The highest BCUT2D eigenvalue weighted by Gasteiger charge is 2.07. The number of nitrogens with zero attached hydrogens (tertiary/aromatic N) is 1. The molecule has 1 aromatic rings. The summed E-state index contributed by atoms with van der Waals surface area (Å²) in [4.78, 5) is 14.4. The average molecular weight is 255 g/mol. The monoisotopic (exact) mass is 253 g/mol. The summed E-state index contributed by atoms with van der Waals surface area (Å²) in [5.74, 6) is 0. The molecule has 2 nitrogen and oxygen atoms in total. The Bertz CT molecular complexity index is 303. The molecule has 5 heteroatoms. The Balaban J connectivity index is 3.23. The third kappa shape index (κ3) is 2.15. The smallest absolute Gasteiger partial charge is 0.254 e. The Morgan fingerprint density at radius 1 is 1.64 bits per heavy atom. The Morgan fingerprint density at radius 2 is 2.27 bits per heavy atom. The second-order valence-corrected chi connectivity index (χ2v) is 3.32. The fraction of sp³-hybridized carbons (Fsp3) is 0. The molecule has 58 valence electrons. The molecule has 1 rings (SSSR count). The van der Waals surface area contributed by atoms with Crippen molar-refractivity contribution in [3.8, 4) is 0 Å². The summed E-state index contributed by atoms with van der Waals surface area (Å²) in [5, 5.41) is -0.327. The molecule has 0 aromatic carbocycles. The maximum absolute atomic E-state index is 10.7. The molecule has 0 N–H and O–H groups in total. The molecule has 0 atom stereocenters. The Morgan fingerprint density at radius 3 is 2.73 bits per heavy atom. The van der Waals surface area contributed by atoms with Gasteiger partial charge in [-0.2, -0.15) is 0 Å². The van der Waals surface area contributed by atoms with Gasteiger partial charge < -0.3 is 0 Å². The van der Waals surface area contributed by atoms with Gasteiger partial charge in [0.2, 0.25) is 0 Å². The molecule has 0 bridgehead atoms. The molecule has 11 heavy (non-hydrogen) atoms. The summed E-state index contributed by atoms with van der Waals surface area (Å²) >= 11 is 13.9. The zero-order valence-electron chi connectivity index (χ0n) is 5.14. The maximum Gasteiger partial charge on any atom is 0.254 e. The van der Waals surface area contributed by atoms with E-state index in [1.165, 1.54) is 12.3 Å². The zero-order chi connectivity index (χ0) is 8.43. The topological polar surface area (TPSA) is 30.0 Å². The highest BCUT2D eigenvalue weighted by Crippen LogP contribution is 2.19. The summed E-state index contributed by atoms with van der Waals surface area (Å²) in [6.07, 6.45) is 1.36. The first kappa shape index (κ1) is 8.97. The van der Waals surface area contributed by atoms with Gasteiger partial charge in [-0.1, -0.05) is 11.6 Å². The van der Waals surface area contributed by atoms with Crippen LogP contribution in [0.25, 0.3) is 0 Å². The average Bonchev–Trinajstić information content (AvgIpc) is 1.94. The number of halogens is 3. The van der Waals surface area contributed by atoms with E-state index in [9.17, 15) is 4.79 Å². The van der Waals surface area contributed by atoms with Crippen LogP contribution in [0.2, 0.25) is 5.02 Å². The zero-order valence-corrected chi connectivity index (χ0v) is 8.24. The molecule has 0 unspecified atom stereocenters. The highest BCUT2D eigenvalue weighted by molar-refractivity contribution is 9.10. The fourth-order valence-corrected chi connectivity index (χ4v) is 1.29. The predicted molar refractivity (Wildman–Crippen MR) is 47.1 cm³/mol. The summed E-state index contributed by atoms with van der Waals surface area (Å²) in [5.41, 5.74) is 0.259. The molecule has 0 amide bonds. The van der Waals surface area contributed by atoms with Gasteiger partial charge in [-0.15, -0.1) is 0 Å². The van der Waals surface area contributed by atoms with Gasteiger partial charge in [-0.3, -0.25) is 4.79 Å². The third-order valence-electron chi connectivity index (χ3n) is 1.03. The van der Waals surface area contributed by atoms with Gasteiger partial charge >= 0.3 is 0 Å². The molecule has 0 aliphatic carbocycles. The molecule has 0 aliphatic rings. The number of hydrogen-bond acceptors (Lipinski definition) is 2. The molecule has 0 spiro atoms. The van der Waals surface area contributed by atoms with Crippen LogP contribution in [0.3, 0.4) is 0 Å². The van der Waals surface area contributed by atoms with Crippen molar-refractivity contribution in [1.82, 2.24) is 4.98 Å². The van der Waals surface area contributed by atoms with Crippen LogP contribution in [0.5, 0.6) is 0 Å². The van der Waals surface area contributed by atoms with Crippen LogP contribution in [-0.2, 0) is 0 Å². The number of rotatable bonds is 1. The second-order valence-electron chi connectivity index (χ2n) is 1.76. The van der Waals surface area contributed by atoms with E-state index in [0.717, 1.165) is 0 Å². The molecule has 0 radical (unpaired) electrons. The van der Waals surface area contributed by atoms with Crippen molar-refractivity contribution in [1.29, 1.82) is 0 Å². The standard InChI is InChI=1S/C6H2BrCl2NO/c7-5-1-3(6(9)11)4(8)2-10-5/h1-2H. The fourth-order valence-electron chi connectivity index (χ4n) is 0.564. The van der Waals surface area contributed by atoms with Gasteiger partial charge in [-0.05, 0) is 33.6 Å². The second kappa shape index (κ2) is 3.52. The number of carbonyl (C=O) groups excluding carboxylic acids is 1. The van der Waals surface area contributed by atoms with Gasteiger partial charge in [0.15, 0.2) is 0 Å². The van der Waals surface area contributed by atoms with Crippen LogP contribution in [-0.4, -0.2) is 10.2 Å². The lowest BCUT2D eigenvalue weighted by Gasteiger charge is -1.96. The van der Waals surface area contributed by atoms with E-state index >= 15 is 0 Å². The first-order chi connectivity index (χ1) is 5.11. The van der Waals surface area contributed by atoms with Gasteiger partial charge in [0, 0.05) is 6.20 Å². The van der Waals surface area contributed by atoms with Crippen molar-refractivity contribution >= 4 is 44.4 Å². The van der Waals surface area contributed by atoms with E-state index in [4.69, 9.17) is 23.2 Å². The van der Waals surface area contributed by atoms with Gasteiger partial charge in [0.05, 0.1) is 10.6 Å². The first-order valence-electron chi connectivity index (χ1n) is 2.62. The minimum atomic E-state index is -0.585. The Kier molecular flexibility index (Phi) is 2.87. The predicted octanol–water partition coefficient (Wildman–Crippen LogP) is 2.88. The van der Waals surface area contributed by atoms with Gasteiger partial charge in [0.1, 0.15) is 4.60 Å². The van der Waals surface area contributed by atoms with Crippen molar-refractivity contribution < 1.29 is 4.79 Å². The normalized spacial score (nSPS) is 9.73. The lowest BCUT2D eigenvalue weighted by Crippen LogP contribution is -1.91. The lowest BCUT2D eigenvalue weighted by atomic mass is 10.3. The van der Waals surface area contributed by atoms with Crippen LogP contribution < -0.4 is 0 Å². The molecular formula is C6H2BrCl2NO. The molecule has 0 saturated heterocycles. The Labute approximate surface area is 81.7 Å². The van der Waals surface area contributed by atoms with Crippen molar-refractivity contribution in [2.45, 2.75) is 0 Å². The number of aromatic nitrogens is 1. The SMILES string of the molecule is O=C(Cl)c1cc(Br)ncc1Cl. The molecule has 1 aromatic heterocycles. The summed E-state index contributed by atoms with van der Waals surface area (Å²) in [7, 11) is 0. The van der Waals surface area contributed by atoms with Crippen molar-refractivity contribution in [2.75, 3.05) is 0 Å². The largest absolute Gasteiger partial charge is 0.276 e. The summed E-state index contributed by atoms with van der Waals surface area (Å²) in [6, 6.07) is 1.47. The molecule has 0 saturated carbocycles. The Hall–Kier alpha value is -0.120. The third-order valence-corrected chi connectivity index (χ3v) is 1.97. The van der Waals surface area contributed by atoms with E-state index < -0.39 is 5.24 Å². The number of hydrogen-bond donors (Lipinski definition) is 0. The number of carbonyl (C=O) groups is 1. The molecule has 1 heterocycles. The maximum atomic E-state index is 10.7. The minimum Gasteiger partial charge on any atom is -0.276 e. The van der Waals surface area contributed by atoms with Crippen LogP contribution in [0, 0.1) is 0 Å². The first-order valence-corrected chi connectivity index (χ1v) is 4.17. The minimum absolute atomic E-state index is 0.258. The molecule has 0 fully saturated rings. The van der Waals surface area contributed by atoms with Crippen LogP contribution in [0.15, 0.2) is 16.9 Å². The molecular weight excluding hydrogens is 253 g/mol. The van der Waals surface area contributed by atoms with E-state index in [0.29, 0.717) is 4.60 Å². The van der Waals surface area contributed by atoms with Crippen LogP contribution in [0.1, 0.15) is 10.4 Å².